The average Bonchev–Trinajstić information content (AvgIpc) is 2.55. The smallest absolute Gasteiger partial charge is 0.222 e. The van der Waals surface area contributed by atoms with Gasteiger partial charge in [-0.1, -0.05) is 0 Å². The van der Waals surface area contributed by atoms with E-state index in [1.807, 2.05) is 12.4 Å². The van der Waals surface area contributed by atoms with Gasteiger partial charge in [-0.05, 0) is 49.9 Å². The molecule has 0 aromatic carbocycles. The fraction of sp³-hybridized carbons (Fsp3) is 0.667. The van der Waals surface area contributed by atoms with Crippen LogP contribution in [0.1, 0.15) is 36.8 Å². The Labute approximate surface area is 139 Å². The van der Waals surface area contributed by atoms with Gasteiger partial charge in [0.1, 0.15) is 0 Å². The largest absolute Gasteiger partial charge is 0.377 e. The molecule has 1 amide bonds. The Morgan fingerprint density at radius 1 is 1.48 bits per heavy atom. The molecule has 0 saturated carbocycles. The molecule has 0 radical (unpaired) electrons. The molecule has 0 aliphatic carbocycles. The summed E-state index contributed by atoms with van der Waals surface area (Å²) in [5.74, 6) is 0.170. The van der Waals surface area contributed by atoms with Crippen molar-refractivity contribution >= 4 is 5.91 Å². The molecule has 128 valence electrons. The minimum Gasteiger partial charge on any atom is -0.377 e. The normalized spacial score (nSPS) is 22.1. The fourth-order valence-corrected chi connectivity index (χ4v) is 3.28. The van der Waals surface area contributed by atoms with Gasteiger partial charge in [0.25, 0.3) is 0 Å². The van der Waals surface area contributed by atoms with Crippen molar-refractivity contribution in [3.63, 3.8) is 0 Å². The zero-order valence-corrected chi connectivity index (χ0v) is 14.8. The van der Waals surface area contributed by atoms with E-state index in [2.05, 4.69) is 22.9 Å². The van der Waals surface area contributed by atoms with Crippen LogP contribution >= 0.6 is 0 Å². The van der Waals surface area contributed by atoms with Crippen LogP contribution < -0.4 is 0 Å². The number of ether oxygens (including phenoxy) is 1. The number of piperidine rings is 1. The van der Waals surface area contributed by atoms with Crippen molar-refractivity contribution in [3.05, 3.63) is 29.6 Å². The third-order valence-electron chi connectivity index (χ3n) is 4.88. The lowest BCUT2D eigenvalue weighted by atomic mass is 9.87. The van der Waals surface area contributed by atoms with Crippen LogP contribution in [0.25, 0.3) is 0 Å². The van der Waals surface area contributed by atoms with Gasteiger partial charge in [-0.15, -0.1) is 0 Å². The summed E-state index contributed by atoms with van der Waals surface area (Å²) in [6.45, 7) is 4.98. The Morgan fingerprint density at radius 3 is 2.91 bits per heavy atom. The molecule has 0 spiro atoms. The zero-order chi connectivity index (χ0) is 16.9. The molecule has 0 bridgehead atoms. The first-order valence-corrected chi connectivity index (χ1v) is 8.33. The molecular formula is C18H29N3O2. The molecule has 1 saturated heterocycles. The Kier molecular flexibility index (Phi) is 6.13. The maximum Gasteiger partial charge on any atom is 0.222 e. The lowest BCUT2D eigenvalue weighted by molar-refractivity contribution is -0.131. The Bertz CT molecular complexity index is 533. The molecule has 1 aromatic heterocycles. The van der Waals surface area contributed by atoms with Gasteiger partial charge < -0.3 is 9.64 Å². The van der Waals surface area contributed by atoms with Gasteiger partial charge in [0.2, 0.25) is 5.91 Å². The first-order valence-electron chi connectivity index (χ1n) is 8.33. The number of likely N-dealkylation sites (tertiary alicyclic amines) is 1. The average molecular weight is 319 g/mol. The van der Waals surface area contributed by atoms with Gasteiger partial charge >= 0.3 is 0 Å². The SMILES string of the molecule is CO[C@@]1(CCC(=O)N(C)C)CCCN(Cc2ccncc2C)C1. The van der Waals surface area contributed by atoms with Crippen molar-refractivity contribution in [1.29, 1.82) is 0 Å². The monoisotopic (exact) mass is 319 g/mol. The van der Waals surface area contributed by atoms with Crippen molar-refractivity contribution in [2.24, 2.45) is 0 Å². The number of aryl methyl sites for hydroxylation is 1. The number of carbonyl (C=O) groups is 1. The van der Waals surface area contributed by atoms with E-state index in [-0.39, 0.29) is 11.5 Å². The van der Waals surface area contributed by atoms with Crippen molar-refractivity contribution in [2.45, 2.75) is 44.8 Å². The van der Waals surface area contributed by atoms with Crippen LogP contribution in [0.2, 0.25) is 0 Å². The van der Waals surface area contributed by atoms with Crippen molar-refractivity contribution in [1.82, 2.24) is 14.8 Å². The van der Waals surface area contributed by atoms with Crippen molar-refractivity contribution in [3.8, 4) is 0 Å². The van der Waals surface area contributed by atoms with Crippen LogP contribution in [-0.4, -0.2) is 60.6 Å². The Balaban J connectivity index is 1.99. The lowest BCUT2D eigenvalue weighted by Crippen LogP contribution is -2.49. The highest BCUT2D eigenvalue weighted by molar-refractivity contribution is 5.75. The third kappa shape index (κ3) is 4.75. The number of rotatable bonds is 6. The van der Waals surface area contributed by atoms with Crippen molar-refractivity contribution < 1.29 is 9.53 Å². The van der Waals surface area contributed by atoms with E-state index in [1.54, 1.807) is 26.1 Å². The summed E-state index contributed by atoms with van der Waals surface area (Å²) in [6.07, 6.45) is 7.23. The van der Waals surface area contributed by atoms with Gasteiger partial charge in [0, 0.05) is 53.1 Å². The quantitative estimate of drug-likeness (QED) is 0.807. The molecule has 1 atom stereocenters. The van der Waals surface area contributed by atoms with Gasteiger partial charge in [-0.3, -0.25) is 14.7 Å². The van der Waals surface area contributed by atoms with Crippen molar-refractivity contribution in [2.75, 3.05) is 34.3 Å². The van der Waals surface area contributed by atoms with E-state index in [1.165, 1.54) is 11.1 Å². The molecule has 1 aliphatic heterocycles. The number of hydrogen-bond donors (Lipinski definition) is 0. The number of pyridine rings is 1. The summed E-state index contributed by atoms with van der Waals surface area (Å²) >= 11 is 0. The van der Waals surface area contributed by atoms with Crippen LogP contribution in [0.4, 0.5) is 0 Å². The molecule has 1 aromatic rings. The van der Waals surface area contributed by atoms with Crippen LogP contribution in [0.3, 0.4) is 0 Å². The fourth-order valence-electron chi connectivity index (χ4n) is 3.28. The Hall–Kier alpha value is -1.46. The van der Waals surface area contributed by atoms with Crippen LogP contribution in [0.15, 0.2) is 18.5 Å². The minimum absolute atomic E-state index is 0.170. The summed E-state index contributed by atoms with van der Waals surface area (Å²) in [5, 5.41) is 0. The molecule has 5 heteroatoms. The highest BCUT2D eigenvalue weighted by Crippen LogP contribution is 2.30. The van der Waals surface area contributed by atoms with Gasteiger partial charge in [0.15, 0.2) is 0 Å². The van der Waals surface area contributed by atoms with Gasteiger partial charge in [-0.2, -0.15) is 0 Å². The summed E-state index contributed by atoms with van der Waals surface area (Å²) in [5.41, 5.74) is 2.34. The standard InChI is InChI=1S/C18H29N3O2/c1-15-12-19-10-7-16(15)13-21-11-5-8-18(14-21,23-4)9-6-17(22)20(2)3/h7,10,12H,5-6,8-9,11,13-14H2,1-4H3/t18-/m1/s1. The first kappa shape index (κ1) is 17.9. The van der Waals surface area contributed by atoms with E-state index in [0.29, 0.717) is 6.42 Å². The van der Waals surface area contributed by atoms with E-state index in [9.17, 15) is 4.79 Å². The number of nitrogens with zero attached hydrogens (tertiary/aromatic N) is 3. The highest BCUT2D eigenvalue weighted by Gasteiger charge is 2.35. The first-order chi connectivity index (χ1) is 11.0. The molecule has 1 aliphatic rings. The molecule has 2 rings (SSSR count). The van der Waals surface area contributed by atoms with Crippen LogP contribution in [-0.2, 0) is 16.1 Å². The van der Waals surface area contributed by atoms with E-state index in [4.69, 9.17) is 4.74 Å². The molecule has 1 fully saturated rings. The highest BCUT2D eigenvalue weighted by atomic mass is 16.5. The summed E-state index contributed by atoms with van der Waals surface area (Å²) < 4.78 is 5.88. The predicted molar refractivity (Wildman–Crippen MR) is 91.2 cm³/mol. The molecule has 0 N–H and O–H groups in total. The Morgan fingerprint density at radius 2 is 2.26 bits per heavy atom. The number of hydrogen-bond acceptors (Lipinski definition) is 4. The van der Waals surface area contributed by atoms with Gasteiger partial charge in [-0.25, -0.2) is 0 Å². The van der Waals surface area contributed by atoms with E-state index in [0.717, 1.165) is 38.9 Å². The van der Waals surface area contributed by atoms with Crippen LogP contribution in [0, 0.1) is 6.92 Å². The number of amides is 1. The second kappa shape index (κ2) is 7.88. The maximum absolute atomic E-state index is 11.9. The number of methoxy groups -OCH3 is 1. The summed E-state index contributed by atoms with van der Waals surface area (Å²) in [6, 6.07) is 2.09. The maximum atomic E-state index is 11.9. The van der Waals surface area contributed by atoms with Crippen LogP contribution in [0.5, 0.6) is 0 Å². The topological polar surface area (TPSA) is 45.7 Å². The second-order valence-electron chi connectivity index (χ2n) is 6.79. The third-order valence-corrected chi connectivity index (χ3v) is 4.88. The van der Waals surface area contributed by atoms with Gasteiger partial charge in [0.05, 0.1) is 5.60 Å². The van der Waals surface area contributed by atoms with E-state index >= 15 is 0 Å². The molecular weight excluding hydrogens is 290 g/mol. The zero-order valence-electron chi connectivity index (χ0n) is 14.8. The predicted octanol–water partition coefficient (Wildman–Crippen LogP) is 2.24. The van der Waals surface area contributed by atoms with E-state index < -0.39 is 0 Å². The molecule has 5 nitrogen and oxygen atoms in total. The second-order valence-corrected chi connectivity index (χ2v) is 6.79. The summed E-state index contributed by atoms with van der Waals surface area (Å²) in [4.78, 5) is 20.2. The molecule has 0 unspecified atom stereocenters. The number of aromatic nitrogens is 1. The minimum atomic E-state index is -0.204. The molecule has 2 heterocycles. The molecule has 23 heavy (non-hydrogen) atoms. The lowest BCUT2D eigenvalue weighted by Gasteiger charge is -2.42. The summed E-state index contributed by atoms with van der Waals surface area (Å²) in [7, 11) is 5.39. The number of carbonyl (C=O) groups excluding carboxylic acids is 1.